The molecule has 0 aromatic heterocycles. The molecule has 1 heterocycles. The Kier molecular flexibility index (Phi) is 6.33. The number of likely N-dealkylation sites (N-methyl/N-ethyl adjacent to an activating group) is 1. The molecule has 3 amide bonds. The summed E-state index contributed by atoms with van der Waals surface area (Å²) in [6.45, 7) is 6.51. The smallest absolute Gasteiger partial charge is 0.254 e. The zero-order chi connectivity index (χ0) is 18.4. The minimum atomic E-state index is -0.411. The first-order valence-electron chi connectivity index (χ1n) is 8.58. The number of anilines is 1. The number of nitrogens with zero attached hydrogens (tertiary/aromatic N) is 2. The average molecular weight is 343 g/mol. The fourth-order valence-electron chi connectivity index (χ4n) is 2.90. The number of piperazine rings is 1. The van der Waals surface area contributed by atoms with Crippen LogP contribution in [0.1, 0.15) is 36.5 Å². The minimum Gasteiger partial charge on any atom is -0.353 e. The van der Waals surface area contributed by atoms with Gasteiger partial charge >= 0.3 is 0 Å². The third-order valence-corrected chi connectivity index (χ3v) is 4.43. The summed E-state index contributed by atoms with van der Waals surface area (Å²) in [5.41, 5.74) is 1.19. The van der Waals surface area contributed by atoms with E-state index in [0.717, 1.165) is 12.8 Å². The largest absolute Gasteiger partial charge is 0.353 e. The number of amides is 3. The number of carbonyl (C=O) groups excluding carboxylic acids is 3. The van der Waals surface area contributed by atoms with Gasteiger partial charge in [0.05, 0.1) is 0 Å². The van der Waals surface area contributed by atoms with Gasteiger partial charge in [-0.3, -0.25) is 14.4 Å². The Labute approximate surface area is 148 Å². The summed E-state index contributed by atoms with van der Waals surface area (Å²) < 4.78 is 0. The lowest BCUT2D eigenvalue weighted by atomic mass is 10.0. The lowest BCUT2D eigenvalue weighted by Crippen LogP contribution is -2.57. The van der Waals surface area contributed by atoms with Gasteiger partial charge in [0, 0.05) is 31.4 Å². The van der Waals surface area contributed by atoms with Crippen molar-refractivity contribution in [1.29, 1.82) is 0 Å². The van der Waals surface area contributed by atoms with Crippen molar-refractivity contribution in [2.45, 2.75) is 32.2 Å². The van der Waals surface area contributed by atoms with Crippen molar-refractivity contribution >= 4 is 23.4 Å². The molecule has 0 aliphatic carbocycles. The van der Waals surface area contributed by atoms with Crippen molar-refractivity contribution in [2.75, 3.05) is 25.0 Å². The van der Waals surface area contributed by atoms with E-state index >= 15 is 0 Å². The van der Waals surface area contributed by atoms with Crippen LogP contribution in [-0.2, 0) is 9.59 Å². The fourth-order valence-corrected chi connectivity index (χ4v) is 2.90. The second kappa shape index (κ2) is 8.46. The van der Waals surface area contributed by atoms with Crippen molar-refractivity contribution < 1.29 is 14.4 Å². The van der Waals surface area contributed by atoms with Crippen LogP contribution in [0.2, 0.25) is 0 Å². The lowest BCUT2D eigenvalue weighted by molar-refractivity contribution is -0.128. The highest BCUT2D eigenvalue weighted by Gasteiger charge is 2.32. The molecule has 134 valence electrons. The molecule has 1 aliphatic heterocycles. The number of carbonyl (C=O) groups is 3. The first-order chi connectivity index (χ1) is 12.0. The summed E-state index contributed by atoms with van der Waals surface area (Å²) in [6, 6.07) is 6.41. The van der Waals surface area contributed by atoms with Gasteiger partial charge in [0.2, 0.25) is 11.8 Å². The van der Waals surface area contributed by atoms with Crippen LogP contribution in [0.15, 0.2) is 36.9 Å². The molecule has 6 nitrogen and oxygen atoms in total. The van der Waals surface area contributed by atoms with Crippen molar-refractivity contribution in [3.8, 4) is 0 Å². The Bertz CT molecular complexity index is 654. The first-order valence-corrected chi connectivity index (χ1v) is 8.58. The van der Waals surface area contributed by atoms with Crippen LogP contribution >= 0.6 is 0 Å². The summed E-state index contributed by atoms with van der Waals surface area (Å²) in [4.78, 5) is 39.7. The van der Waals surface area contributed by atoms with Gasteiger partial charge in [0.15, 0.2) is 0 Å². The third kappa shape index (κ3) is 4.26. The Morgan fingerprint density at radius 1 is 1.36 bits per heavy atom. The summed E-state index contributed by atoms with van der Waals surface area (Å²) in [5, 5.41) is 2.83. The molecule has 0 spiro atoms. The molecular weight excluding hydrogens is 318 g/mol. The molecule has 1 N–H and O–H groups in total. The van der Waals surface area contributed by atoms with Crippen LogP contribution in [0.3, 0.4) is 0 Å². The Morgan fingerprint density at radius 3 is 2.64 bits per heavy atom. The van der Waals surface area contributed by atoms with E-state index in [9.17, 15) is 14.4 Å². The molecule has 2 rings (SSSR count). The van der Waals surface area contributed by atoms with E-state index in [1.807, 2.05) is 0 Å². The number of nitrogens with one attached hydrogen (secondary N) is 1. The van der Waals surface area contributed by atoms with Gasteiger partial charge in [0.1, 0.15) is 6.04 Å². The normalized spacial score (nSPS) is 17.0. The second-order valence-electron chi connectivity index (χ2n) is 6.10. The predicted molar refractivity (Wildman–Crippen MR) is 97.4 cm³/mol. The Hall–Kier alpha value is -2.63. The molecular formula is C19H25N3O3. The summed E-state index contributed by atoms with van der Waals surface area (Å²) >= 11 is 0. The third-order valence-electron chi connectivity index (χ3n) is 4.43. The molecule has 25 heavy (non-hydrogen) atoms. The van der Waals surface area contributed by atoms with E-state index in [0.29, 0.717) is 30.8 Å². The summed E-state index contributed by atoms with van der Waals surface area (Å²) in [6.07, 6.45) is 3.78. The molecule has 0 radical (unpaired) electrons. The van der Waals surface area contributed by atoms with Gasteiger partial charge in [-0.2, -0.15) is 0 Å². The fraction of sp³-hybridized carbons (Fsp3) is 0.421. The molecule has 1 aliphatic rings. The number of rotatable bonds is 6. The zero-order valence-corrected chi connectivity index (χ0v) is 14.8. The maximum atomic E-state index is 12.8. The van der Waals surface area contributed by atoms with Crippen LogP contribution in [-0.4, -0.2) is 48.8 Å². The standard InChI is InChI=1S/C19H25N3O3/c1-4-6-7-16-18(24)20-12-13-22(16)19(25)14-8-10-15(11-9-14)21(3)17(23)5-2/h5,8-11,16H,2,4,6-7,12-13H2,1,3H3,(H,20,24). The monoisotopic (exact) mass is 343 g/mol. The van der Waals surface area contributed by atoms with Crippen LogP contribution in [0.5, 0.6) is 0 Å². The summed E-state index contributed by atoms with van der Waals surface area (Å²) in [5.74, 6) is -0.451. The molecule has 1 saturated heterocycles. The highest BCUT2D eigenvalue weighted by atomic mass is 16.2. The highest BCUT2D eigenvalue weighted by molar-refractivity contribution is 6.02. The molecule has 1 aromatic carbocycles. The van der Waals surface area contributed by atoms with Crippen molar-refractivity contribution in [3.05, 3.63) is 42.5 Å². The van der Waals surface area contributed by atoms with E-state index in [1.54, 1.807) is 36.2 Å². The SMILES string of the molecule is C=CC(=O)N(C)c1ccc(C(=O)N2CCNC(=O)C2CCCC)cc1. The van der Waals surface area contributed by atoms with Crippen LogP contribution < -0.4 is 10.2 Å². The molecule has 0 bridgehead atoms. The summed E-state index contributed by atoms with van der Waals surface area (Å²) in [7, 11) is 1.65. The Balaban J connectivity index is 2.16. The minimum absolute atomic E-state index is 0.0824. The zero-order valence-electron chi connectivity index (χ0n) is 14.8. The maximum absolute atomic E-state index is 12.8. The van der Waals surface area contributed by atoms with Crippen molar-refractivity contribution in [1.82, 2.24) is 10.2 Å². The second-order valence-corrected chi connectivity index (χ2v) is 6.10. The van der Waals surface area contributed by atoms with Crippen LogP contribution in [0.4, 0.5) is 5.69 Å². The topological polar surface area (TPSA) is 69.7 Å². The van der Waals surface area contributed by atoms with E-state index in [1.165, 1.54) is 11.0 Å². The van der Waals surface area contributed by atoms with Crippen LogP contribution in [0.25, 0.3) is 0 Å². The van der Waals surface area contributed by atoms with Crippen LogP contribution in [0, 0.1) is 0 Å². The van der Waals surface area contributed by atoms with Gasteiger partial charge in [-0.15, -0.1) is 0 Å². The van der Waals surface area contributed by atoms with Crippen molar-refractivity contribution in [3.63, 3.8) is 0 Å². The van der Waals surface area contributed by atoms with E-state index < -0.39 is 6.04 Å². The van der Waals surface area contributed by atoms with Gasteiger partial charge < -0.3 is 15.1 Å². The maximum Gasteiger partial charge on any atom is 0.254 e. The number of hydrogen-bond acceptors (Lipinski definition) is 3. The highest BCUT2D eigenvalue weighted by Crippen LogP contribution is 2.19. The lowest BCUT2D eigenvalue weighted by Gasteiger charge is -2.35. The van der Waals surface area contributed by atoms with Gasteiger partial charge in [-0.25, -0.2) is 0 Å². The molecule has 1 aromatic rings. The first kappa shape index (κ1) is 18.7. The van der Waals surface area contributed by atoms with Crippen molar-refractivity contribution in [2.24, 2.45) is 0 Å². The van der Waals surface area contributed by atoms with E-state index in [4.69, 9.17) is 0 Å². The quantitative estimate of drug-likeness (QED) is 0.803. The molecule has 1 unspecified atom stereocenters. The van der Waals surface area contributed by atoms with Gasteiger partial charge in [-0.1, -0.05) is 26.3 Å². The van der Waals surface area contributed by atoms with Gasteiger partial charge in [0.25, 0.3) is 5.91 Å². The Morgan fingerprint density at radius 2 is 2.04 bits per heavy atom. The number of hydrogen-bond donors (Lipinski definition) is 1. The average Bonchev–Trinajstić information content (AvgIpc) is 2.65. The predicted octanol–water partition coefficient (Wildman–Crippen LogP) is 1.97. The van der Waals surface area contributed by atoms with E-state index in [-0.39, 0.29) is 17.7 Å². The molecule has 0 saturated carbocycles. The molecule has 6 heteroatoms. The number of unbranched alkanes of at least 4 members (excludes halogenated alkanes) is 1. The van der Waals surface area contributed by atoms with E-state index in [2.05, 4.69) is 18.8 Å². The van der Waals surface area contributed by atoms with Gasteiger partial charge in [-0.05, 0) is 36.8 Å². The number of benzene rings is 1. The molecule has 1 fully saturated rings. The molecule has 1 atom stereocenters.